The first-order chi connectivity index (χ1) is 8.17. The fourth-order valence-electron chi connectivity index (χ4n) is 1.54. The number of ether oxygens (including phenoxy) is 1. The average molecular weight is 250 g/mol. The van der Waals surface area contributed by atoms with Gasteiger partial charge in [-0.2, -0.15) is 5.26 Å². The summed E-state index contributed by atoms with van der Waals surface area (Å²) in [5.74, 6) is 0.248. The first-order valence-corrected chi connectivity index (χ1v) is 5.29. The molecule has 0 aliphatic rings. The van der Waals surface area contributed by atoms with Crippen LogP contribution in [0.3, 0.4) is 0 Å². The number of fused-ring (bicyclic) bond motifs is 1. The number of aromatic nitrogens is 2. The minimum absolute atomic E-state index is 0.0541. The van der Waals surface area contributed by atoms with Crippen LogP contribution in [0.2, 0.25) is 5.15 Å². The number of nitriles is 1. The monoisotopic (exact) mass is 249 g/mol. The van der Waals surface area contributed by atoms with Crippen molar-refractivity contribution in [3.8, 4) is 11.8 Å². The number of halogens is 1. The van der Waals surface area contributed by atoms with E-state index in [0.29, 0.717) is 17.5 Å². The van der Waals surface area contributed by atoms with Gasteiger partial charge in [-0.3, -0.25) is 4.79 Å². The zero-order valence-electron chi connectivity index (χ0n) is 8.95. The topological polar surface area (TPSA) is 78.8 Å². The third-order valence-corrected chi connectivity index (χ3v) is 2.42. The van der Waals surface area contributed by atoms with Crippen LogP contribution in [0.5, 0.6) is 5.75 Å². The maximum atomic E-state index is 11.6. The van der Waals surface area contributed by atoms with Crippen LogP contribution < -0.4 is 10.3 Å². The number of pyridine rings is 2. The highest BCUT2D eigenvalue weighted by atomic mass is 35.5. The number of H-pyrrole nitrogens is 1. The number of hydrogen-bond donors (Lipinski definition) is 1. The van der Waals surface area contributed by atoms with E-state index in [1.54, 1.807) is 13.0 Å². The molecule has 0 unspecified atom stereocenters. The van der Waals surface area contributed by atoms with E-state index < -0.39 is 5.56 Å². The normalized spacial score (nSPS) is 10.2. The molecule has 17 heavy (non-hydrogen) atoms. The second-order valence-electron chi connectivity index (χ2n) is 3.26. The maximum Gasteiger partial charge on any atom is 0.270 e. The van der Waals surface area contributed by atoms with E-state index in [9.17, 15) is 4.79 Å². The van der Waals surface area contributed by atoms with Crippen molar-refractivity contribution in [3.63, 3.8) is 0 Å². The molecule has 2 heterocycles. The molecule has 0 amide bonds. The summed E-state index contributed by atoms with van der Waals surface area (Å²) in [6, 6.07) is 3.38. The summed E-state index contributed by atoms with van der Waals surface area (Å²) in [4.78, 5) is 18.0. The molecule has 0 aliphatic heterocycles. The second-order valence-corrected chi connectivity index (χ2v) is 3.64. The lowest BCUT2D eigenvalue weighted by molar-refractivity contribution is 0.342. The van der Waals surface area contributed by atoms with E-state index in [4.69, 9.17) is 21.6 Å². The van der Waals surface area contributed by atoms with Crippen molar-refractivity contribution < 1.29 is 4.74 Å². The number of nitrogens with one attached hydrogen (secondary N) is 1. The Hall–Kier alpha value is -2.06. The molecule has 0 atom stereocenters. The van der Waals surface area contributed by atoms with Gasteiger partial charge in [0.05, 0.1) is 18.3 Å². The van der Waals surface area contributed by atoms with Gasteiger partial charge in [-0.1, -0.05) is 11.6 Å². The molecule has 2 rings (SSSR count). The summed E-state index contributed by atoms with van der Waals surface area (Å²) in [7, 11) is 0. The van der Waals surface area contributed by atoms with Gasteiger partial charge >= 0.3 is 0 Å². The van der Waals surface area contributed by atoms with Crippen LogP contribution >= 0.6 is 11.6 Å². The van der Waals surface area contributed by atoms with Crippen molar-refractivity contribution in [2.75, 3.05) is 6.61 Å². The molecule has 0 saturated carbocycles. The quantitative estimate of drug-likeness (QED) is 0.824. The molecule has 86 valence electrons. The minimum atomic E-state index is -0.493. The lowest BCUT2D eigenvalue weighted by Gasteiger charge is -2.08. The summed E-state index contributed by atoms with van der Waals surface area (Å²) < 4.78 is 5.35. The van der Waals surface area contributed by atoms with E-state index in [-0.39, 0.29) is 16.5 Å². The fraction of sp³-hybridized carbons (Fsp3) is 0.182. The molecule has 0 fully saturated rings. The summed E-state index contributed by atoms with van der Waals surface area (Å²) in [5, 5.41) is 9.80. The SMILES string of the molecule is CCOc1c(C#N)c(=O)[nH]c2cnc(Cl)cc12. The Bertz CT molecular complexity index is 673. The molecule has 0 bridgehead atoms. The molecule has 0 aromatic carbocycles. The summed E-state index contributed by atoms with van der Waals surface area (Å²) in [5.41, 5.74) is -0.0592. The van der Waals surface area contributed by atoms with E-state index in [1.165, 1.54) is 6.20 Å². The Labute approximate surface area is 102 Å². The van der Waals surface area contributed by atoms with Crippen LogP contribution in [0.15, 0.2) is 17.1 Å². The van der Waals surface area contributed by atoms with Crippen molar-refractivity contribution in [3.05, 3.63) is 33.3 Å². The number of aromatic amines is 1. The largest absolute Gasteiger partial charge is 0.492 e. The van der Waals surface area contributed by atoms with Crippen LogP contribution in [0, 0.1) is 11.3 Å². The maximum absolute atomic E-state index is 11.6. The summed E-state index contributed by atoms with van der Waals surface area (Å²) in [6.07, 6.45) is 1.43. The van der Waals surface area contributed by atoms with E-state index in [0.717, 1.165) is 0 Å². The van der Waals surface area contributed by atoms with Crippen LogP contribution in [-0.2, 0) is 0 Å². The highest BCUT2D eigenvalue weighted by Crippen LogP contribution is 2.27. The molecule has 0 saturated heterocycles. The lowest BCUT2D eigenvalue weighted by Crippen LogP contribution is -2.13. The highest BCUT2D eigenvalue weighted by Gasteiger charge is 2.14. The lowest BCUT2D eigenvalue weighted by atomic mass is 10.2. The van der Waals surface area contributed by atoms with Crippen molar-refractivity contribution in [2.24, 2.45) is 0 Å². The first-order valence-electron chi connectivity index (χ1n) is 4.91. The second kappa shape index (κ2) is 4.44. The van der Waals surface area contributed by atoms with E-state index in [2.05, 4.69) is 9.97 Å². The number of hydrogen-bond acceptors (Lipinski definition) is 4. The molecule has 0 spiro atoms. The Kier molecular flexibility index (Phi) is 2.98. The summed E-state index contributed by atoms with van der Waals surface area (Å²) in [6.45, 7) is 2.13. The van der Waals surface area contributed by atoms with Crippen molar-refractivity contribution in [1.29, 1.82) is 5.26 Å². The van der Waals surface area contributed by atoms with Crippen LogP contribution in [0.25, 0.3) is 10.9 Å². The predicted octanol–water partition coefficient (Wildman–Crippen LogP) is 1.85. The van der Waals surface area contributed by atoms with Crippen LogP contribution in [0.4, 0.5) is 0 Å². The molecule has 1 N–H and O–H groups in total. The molecule has 0 radical (unpaired) electrons. The standard InChI is InChI=1S/C11H8ClN3O2/c1-2-17-10-6-3-9(12)14-5-8(6)15-11(16)7(10)4-13/h3,5H,2H2,1H3,(H,15,16). The van der Waals surface area contributed by atoms with Crippen molar-refractivity contribution in [1.82, 2.24) is 9.97 Å². The minimum Gasteiger partial charge on any atom is -0.492 e. The van der Waals surface area contributed by atoms with Gasteiger partial charge < -0.3 is 9.72 Å². The van der Waals surface area contributed by atoms with Crippen LogP contribution in [0.1, 0.15) is 12.5 Å². The Balaban J connectivity index is 2.90. The Morgan fingerprint density at radius 1 is 1.65 bits per heavy atom. The zero-order chi connectivity index (χ0) is 12.4. The van der Waals surface area contributed by atoms with Gasteiger partial charge in [-0.05, 0) is 13.0 Å². The molecule has 2 aromatic rings. The Morgan fingerprint density at radius 2 is 2.41 bits per heavy atom. The van der Waals surface area contributed by atoms with Gasteiger partial charge in [-0.15, -0.1) is 0 Å². The van der Waals surface area contributed by atoms with Crippen LogP contribution in [-0.4, -0.2) is 16.6 Å². The third kappa shape index (κ3) is 1.95. The van der Waals surface area contributed by atoms with Gasteiger partial charge in [0.1, 0.15) is 11.2 Å². The van der Waals surface area contributed by atoms with Crippen molar-refractivity contribution in [2.45, 2.75) is 6.92 Å². The van der Waals surface area contributed by atoms with E-state index in [1.807, 2.05) is 6.07 Å². The third-order valence-electron chi connectivity index (χ3n) is 2.22. The highest BCUT2D eigenvalue weighted by molar-refractivity contribution is 6.30. The number of rotatable bonds is 2. The van der Waals surface area contributed by atoms with Crippen molar-refractivity contribution >= 4 is 22.5 Å². The van der Waals surface area contributed by atoms with Gasteiger partial charge in [0, 0.05) is 5.39 Å². The molecular weight excluding hydrogens is 242 g/mol. The van der Waals surface area contributed by atoms with Gasteiger partial charge in [0.25, 0.3) is 5.56 Å². The molecule has 2 aromatic heterocycles. The van der Waals surface area contributed by atoms with Gasteiger partial charge in [0.2, 0.25) is 0 Å². The number of nitrogens with zero attached hydrogens (tertiary/aromatic N) is 2. The molecule has 5 nitrogen and oxygen atoms in total. The predicted molar refractivity (Wildman–Crippen MR) is 63.3 cm³/mol. The zero-order valence-corrected chi connectivity index (χ0v) is 9.71. The fourth-order valence-corrected chi connectivity index (χ4v) is 1.69. The van der Waals surface area contributed by atoms with E-state index >= 15 is 0 Å². The molecule has 6 heteroatoms. The Morgan fingerprint density at radius 3 is 3.06 bits per heavy atom. The molecule has 0 aliphatic carbocycles. The molecular formula is C11H8ClN3O2. The van der Waals surface area contributed by atoms with Gasteiger partial charge in [-0.25, -0.2) is 4.98 Å². The summed E-state index contributed by atoms with van der Waals surface area (Å²) >= 11 is 5.78. The van der Waals surface area contributed by atoms with Gasteiger partial charge in [0.15, 0.2) is 11.3 Å². The smallest absolute Gasteiger partial charge is 0.270 e. The average Bonchev–Trinajstić information content (AvgIpc) is 2.30. The first kappa shape index (κ1) is 11.4.